The molecule has 3 aromatic carbocycles. The number of rotatable bonds is 5. The van der Waals surface area contributed by atoms with Gasteiger partial charge in [0.15, 0.2) is 11.0 Å². The monoisotopic (exact) mass is 463 g/mol. The van der Waals surface area contributed by atoms with Crippen molar-refractivity contribution in [3.05, 3.63) is 93.2 Å². The second-order valence-electron chi connectivity index (χ2n) is 6.16. The average Bonchev–Trinajstić information content (AvgIpc) is 3.14. The molecule has 0 saturated carbocycles. The van der Waals surface area contributed by atoms with Crippen molar-refractivity contribution in [3.8, 4) is 17.1 Å². The highest BCUT2D eigenvalue weighted by Crippen LogP contribution is 2.31. The molecule has 0 unspecified atom stereocenters. The van der Waals surface area contributed by atoms with Crippen LogP contribution in [0.3, 0.4) is 0 Å². The molecule has 4 rings (SSSR count). The third kappa shape index (κ3) is 4.59. The van der Waals surface area contributed by atoms with Crippen LogP contribution >= 0.6 is 46.6 Å². The number of hydrogen-bond acceptors (Lipinski definition) is 3. The quantitative estimate of drug-likeness (QED) is 0.290. The Kier molecular flexibility index (Phi) is 6.11. The highest BCUT2D eigenvalue weighted by Gasteiger charge is 2.16. The predicted molar refractivity (Wildman–Crippen MR) is 118 cm³/mol. The molecular formula is C21H13Cl3FN3S. The molecule has 0 radical (unpaired) electrons. The lowest BCUT2D eigenvalue weighted by Crippen LogP contribution is -2.00. The molecule has 0 fully saturated rings. The molecule has 0 atom stereocenters. The Morgan fingerprint density at radius 1 is 0.828 bits per heavy atom. The Balaban J connectivity index is 1.72. The van der Waals surface area contributed by atoms with Gasteiger partial charge in [-0.25, -0.2) is 4.39 Å². The minimum Gasteiger partial charge on any atom is -0.270 e. The van der Waals surface area contributed by atoms with E-state index in [1.165, 1.54) is 23.9 Å². The Hall–Kier alpha value is -2.05. The molecule has 0 aliphatic rings. The normalized spacial score (nSPS) is 11.0. The molecule has 1 aromatic heterocycles. The molecule has 0 aliphatic carbocycles. The summed E-state index contributed by atoms with van der Waals surface area (Å²) in [5.41, 5.74) is 2.62. The summed E-state index contributed by atoms with van der Waals surface area (Å²) in [5, 5.41) is 11.1. The Labute approximate surface area is 186 Å². The predicted octanol–water partition coefficient (Wildman–Crippen LogP) is 7.33. The first-order valence-corrected chi connectivity index (χ1v) is 10.7. The van der Waals surface area contributed by atoms with Crippen LogP contribution in [0.4, 0.5) is 4.39 Å². The SMILES string of the molecule is Fc1ccc(-n2c(SCc3ccc(Cl)c(Cl)c3)nnc2-c2ccc(Cl)cc2)cc1. The summed E-state index contributed by atoms with van der Waals surface area (Å²) in [6.07, 6.45) is 0. The van der Waals surface area contributed by atoms with Gasteiger partial charge >= 0.3 is 0 Å². The van der Waals surface area contributed by atoms with Gasteiger partial charge in [0.25, 0.3) is 0 Å². The van der Waals surface area contributed by atoms with Crippen LogP contribution in [0, 0.1) is 5.82 Å². The minimum atomic E-state index is -0.306. The zero-order valence-electron chi connectivity index (χ0n) is 14.8. The lowest BCUT2D eigenvalue weighted by molar-refractivity contribution is 0.627. The highest BCUT2D eigenvalue weighted by atomic mass is 35.5. The minimum absolute atomic E-state index is 0.306. The van der Waals surface area contributed by atoms with Crippen molar-refractivity contribution in [2.24, 2.45) is 0 Å². The smallest absolute Gasteiger partial charge is 0.196 e. The van der Waals surface area contributed by atoms with E-state index in [4.69, 9.17) is 34.8 Å². The van der Waals surface area contributed by atoms with Gasteiger partial charge in [-0.1, -0.05) is 52.6 Å². The highest BCUT2D eigenvalue weighted by molar-refractivity contribution is 7.98. The van der Waals surface area contributed by atoms with E-state index in [1.54, 1.807) is 30.3 Å². The number of hydrogen-bond donors (Lipinski definition) is 0. The standard InChI is InChI=1S/C21H13Cl3FN3S/c22-15-4-2-14(3-5-15)20-26-27-21(28(20)17-8-6-16(25)7-9-17)29-12-13-1-10-18(23)19(24)11-13/h1-11H,12H2. The van der Waals surface area contributed by atoms with Gasteiger partial charge in [-0.3, -0.25) is 4.57 Å². The number of thioether (sulfide) groups is 1. The molecule has 0 spiro atoms. The van der Waals surface area contributed by atoms with E-state index in [1.807, 2.05) is 28.8 Å². The van der Waals surface area contributed by atoms with E-state index < -0.39 is 0 Å². The van der Waals surface area contributed by atoms with Gasteiger partial charge in [0.1, 0.15) is 5.82 Å². The molecule has 0 amide bonds. The summed E-state index contributed by atoms with van der Waals surface area (Å²) in [4.78, 5) is 0. The Bertz CT molecular complexity index is 1150. The molecule has 0 saturated heterocycles. The Morgan fingerprint density at radius 3 is 2.24 bits per heavy atom. The third-order valence-corrected chi connectivity index (χ3v) is 6.16. The summed E-state index contributed by atoms with van der Waals surface area (Å²) in [5.74, 6) is 0.960. The topological polar surface area (TPSA) is 30.7 Å². The number of halogens is 4. The summed E-state index contributed by atoms with van der Waals surface area (Å²) >= 11 is 19.6. The van der Waals surface area contributed by atoms with Crippen LogP contribution in [0.2, 0.25) is 15.1 Å². The first-order chi connectivity index (χ1) is 14.0. The van der Waals surface area contributed by atoms with Crippen molar-refractivity contribution >= 4 is 46.6 Å². The van der Waals surface area contributed by atoms with Crippen molar-refractivity contribution in [1.29, 1.82) is 0 Å². The molecule has 8 heteroatoms. The molecule has 3 nitrogen and oxygen atoms in total. The van der Waals surface area contributed by atoms with Crippen molar-refractivity contribution in [2.75, 3.05) is 0 Å². The van der Waals surface area contributed by atoms with Crippen molar-refractivity contribution in [3.63, 3.8) is 0 Å². The fourth-order valence-corrected chi connectivity index (χ4v) is 4.09. The molecule has 0 N–H and O–H groups in total. The van der Waals surface area contributed by atoms with Crippen LogP contribution in [0.1, 0.15) is 5.56 Å². The molecule has 146 valence electrons. The second-order valence-corrected chi connectivity index (χ2v) is 8.36. The van der Waals surface area contributed by atoms with E-state index >= 15 is 0 Å². The zero-order valence-corrected chi connectivity index (χ0v) is 17.9. The molecule has 4 aromatic rings. The Morgan fingerprint density at radius 2 is 1.55 bits per heavy atom. The molecule has 0 bridgehead atoms. The maximum atomic E-state index is 13.5. The van der Waals surface area contributed by atoms with E-state index in [-0.39, 0.29) is 5.82 Å². The van der Waals surface area contributed by atoms with Gasteiger partial charge in [0, 0.05) is 22.0 Å². The van der Waals surface area contributed by atoms with E-state index in [0.717, 1.165) is 16.8 Å². The first kappa shape index (κ1) is 20.2. The zero-order chi connectivity index (χ0) is 20.4. The van der Waals surface area contributed by atoms with Crippen LogP contribution < -0.4 is 0 Å². The van der Waals surface area contributed by atoms with Gasteiger partial charge < -0.3 is 0 Å². The lowest BCUT2D eigenvalue weighted by Gasteiger charge is -2.11. The number of nitrogens with zero attached hydrogens (tertiary/aromatic N) is 3. The van der Waals surface area contributed by atoms with Crippen LogP contribution in [-0.2, 0) is 5.75 Å². The van der Waals surface area contributed by atoms with Crippen LogP contribution in [-0.4, -0.2) is 14.8 Å². The second kappa shape index (κ2) is 8.76. The fourth-order valence-electron chi connectivity index (χ4n) is 2.75. The van der Waals surface area contributed by atoms with E-state index in [2.05, 4.69) is 10.2 Å². The third-order valence-electron chi connectivity index (χ3n) is 4.17. The van der Waals surface area contributed by atoms with Crippen molar-refractivity contribution in [2.45, 2.75) is 10.9 Å². The lowest BCUT2D eigenvalue weighted by atomic mass is 10.2. The van der Waals surface area contributed by atoms with Gasteiger partial charge in [-0.2, -0.15) is 0 Å². The summed E-state index contributed by atoms with van der Waals surface area (Å²) in [6, 6.07) is 19.1. The first-order valence-electron chi connectivity index (χ1n) is 8.55. The fraction of sp³-hybridized carbons (Fsp3) is 0.0476. The van der Waals surface area contributed by atoms with Crippen molar-refractivity contribution in [1.82, 2.24) is 14.8 Å². The van der Waals surface area contributed by atoms with Gasteiger partial charge in [0.2, 0.25) is 0 Å². The van der Waals surface area contributed by atoms with Crippen LogP contribution in [0.25, 0.3) is 17.1 Å². The van der Waals surface area contributed by atoms with E-state index in [9.17, 15) is 4.39 Å². The summed E-state index contributed by atoms with van der Waals surface area (Å²) < 4.78 is 15.3. The number of aromatic nitrogens is 3. The number of benzene rings is 3. The van der Waals surface area contributed by atoms with Gasteiger partial charge in [-0.05, 0) is 66.2 Å². The maximum Gasteiger partial charge on any atom is 0.196 e. The van der Waals surface area contributed by atoms with Crippen molar-refractivity contribution < 1.29 is 4.39 Å². The summed E-state index contributed by atoms with van der Waals surface area (Å²) in [6.45, 7) is 0. The van der Waals surface area contributed by atoms with Gasteiger partial charge in [-0.15, -0.1) is 10.2 Å². The van der Waals surface area contributed by atoms with Crippen LogP contribution in [0.5, 0.6) is 0 Å². The molecular weight excluding hydrogens is 452 g/mol. The average molecular weight is 465 g/mol. The molecule has 0 aliphatic heterocycles. The largest absolute Gasteiger partial charge is 0.270 e. The maximum absolute atomic E-state index is 13.5. The molecule has 29 heavy (non-hydrogen) atoms. The van der Waals surface area contributed by atoms with Crippen LogP contribution in [0.15, 0.2) is 71.9 Å². The van der Waals surface area contributed by atoms with E-state index in [0.29, 0.717) is 31.8 Å². The molecule has 1 heterocycles. The van der Waals surface area contributed by atoms with Gasteiger partial charge in [0.05, 0.1) is 10.0 Å². The summed E-state index contributed by atoms with van der Waals surface area (Å²) in [7, 11) is 0.